The van der Waals surface area contributed by atoms with Gasteiger partial charge in [0.25, 0.3) is 0 Å². The number of carbonyl (C=O) groups is 2. The molecule has 2 amide bonds. The molecule has 5 heteroatoms. The fourth-order valence-electron chi connectivity index (χ4n) is 2.35. The zero-order valence-corrected chi connectivity index (χ0v) is 13.9. The molecule has 2 rings (SSSR count). The lowest BCUT2D eigenvalue weighted by molar-refractivity contribution is -0.121. The number of anilines is 1. The highest BCUT2D eigenvalue weighted by molar-refractivity contribution is 5.91. The molecule has 0 saturated carbocycles. The van der Waals surface area contributed by atoms with Gasteiger partial charge in [0.1, 0.15) is 5.82 Å². The Labute approximate surface area is 141 Å². The van der Waals surface area contributed by atoms with E-state index in [0.29, 0.717) is 25.2 Å². The number of benzene rings is 2. The Balaban J connectivity index is 1.86. The average Bonchev–Trinajstić information content (AvgIpc) is 2.54. The summed E-state index contributed by atoms with van der Waals surface area (Å²) >= 11 is 0. The maximum absolute atomic E-state index is 13.0. The molecule has 0 heterocycles. The zero-order chi connectivity index (χ0) is 17.5. The van der Waals surface area contributed by atoms with Crippen molar-refractivity contribution in [1.82, 2.24) is 5.32 Å². The molecule has 0 aromatic heterocycles. The van der Waals surface area contributed by atoms with E-state index >= 15 is 0 Å². The molecule has 0 aliphatic rings. The van der Waals surface area contributed by atoms with Gasteiger partial charge in [-0.25, -0.2) is 4.39 Å². The van der Waals surface area contributed by atoms with Gasteiger partial charge in [0.15, 0.2) is 0 Å². The summed E-state index contributed by atoms with van der Waals surface area (Å²) in [5.41, 5.74) is 2.70. The van der Waals surface area contributed by atoms with Gasteiger partial charge in [-0.05, 0) is 36.8 Å². The van der Waals surface area contributed by atoms with Crippen LogP contribution < -0.4 is 10.2 Å². The first-order valence-corrected chi connectivity index (χ1v) is 7.81. The highest BCUT2D eigenvalue weighted by atomic mass is 19.1. The Morgan fingerprint density at radius 3 is 2.25 bits per heavy atom. The number of rotatable bonds is 6. The molecule has 4 nitrogen and oxygen atoms in total. The van der Waals surface area contributed by atoms with Crippen molar-refractivity contribution in [2.75, 3.05) is 18.0 Å². The maximum Gasteiger partial charge on any atom is 0.224 e. The number of hydrogen-bond acceptors (Lipinski definition) is 2. The second kappa shape index (κ2) is 8.24. The van der Waals surface area contributed by atoms with Crippen molar-refractivity contribution >= 4 is 17.5 Å². The third-order valence-corrected chi connectivity index (χ3v) is 3.66. The van der Waals surface area contributed by atoms with Crippen molar-refractivity contribution in [2.24, 2.45) is 0 Å². The van der Waals surface area contributed by atoms with Gasteiger partial charge >= 0.3 is 0 Å². The minimum atomic E-state index is -0.353. The molecular formula is C19H21FN2O2. The Hall–Kier alpha value is -2.69. The number of halogens is 1. The topological polar surface area (TPSA) is 49.4 Å². The molecular weight excluding hydrogens is 307 g/mol. The van der Waals surface area contributed by atoms with Crippen molar-refractivity contribution in [3.8, 4) is 0 Å². The van der Waals surface area contributed by atoms with Gasteiger partial charge in [0.2, 0.25) is 11.8 Å². The summed E-state index contributed by atoms with van der Waals surface area (Å²) in [4.78, 5) is 25.2. The van der Waals surface area contributed by atoms with E-state index in [1.54, 1.807) is 12.1 Å². The summed E-state index contributed by atoms with van der Waals surface area (Å²) in [7, 11) is 0. The number of aryl methyl sites for hydroxylation is 1. The predicted molar refractivity (Wildman–Crippen MR) is 92.3 cm³/mol. The van der Waals surface area contributed by atoms with Crippen LogP contribution >= 0.6 is 0 Å². The first kappa shape index (κ1) is 17.7. The number of nitrogens with zero attached hydrogens (tertiary/aromatic N) is 1. The smallest absolute Gasteiger partial charge is 0.224 e. The minimum Gasteiger partial charge on any atom is -0.354 e. The third-order valence-electron chi connectivity index (χ3n) is 3.66. The summed E-state index contributed by atoms with van der Waals surface area (Å²) < 4.78 is 13.0. The lowest BCUT2D eigenvalue weighted by atomic mass is 10.1. The van der Waals surface area contributed by atoms with Crippen LogP contribution in [0.2, 0.25) is 0 Å². The Morgan fingerprint density at radius 1 is 1.04 bits per heavy atom. The molecule has 0 saturated heterocycles. The van der Waals surface area contributed by atoms with Crippen LogP contribution in [0.5, 0.6) is 0 Å². The van der Waals surface area contributed by atoms with Crippen LogP contribution in [0.15, 0.2) is 48.5 Å². The molecule has 126 valence electrons. The van der Waals surface area contributed by atoms with Crippen molar-refractivity contribution < 1.29 is 14.0 Å². The van der Waals surface area contributed by atoms with E-state index in [1.165, 1.54) is 24.0 Å². The average molecular weight is 328 g/mol. The molecule has 0 bridgehead atoms. The van der Waals surface area contributed by atoms with E-state index in [2.05, 4.69) is 5.32 Å². The quantitative estimate of drug-likeness (QED) is 0.886. The molecule has 2 aromatic rings. The zero-order valence-electron chi connectivity index (χ0n) is 13.9. The minimum absolute atomic E-state index is 0.0959. The molecule has 2 aromatic carbocycles. The predicted octanol–water partition coefficient (Wildman–Crippen LogP) is 2.85. The SMILES string of the molecule is CC(=O)N(CCNC(=O)Cc1ccc(C)cc1)c1ccc(F)cc1. The standard InChI is InChI=1S/C19H21FN2O2/c1-14-3-5-16(6-4-14)13-19(24)21-11-12-22(15(2)23)18-9-7-17(20)8-10-18/h3-10H,11-13H2,1-2H3,(H,21,24). The van der Waals surface area contributed by atoms with Crippen molar-refractivity contribution in [3.05, 3.63) is 65.5 Å². The Morgan fingerprint density at radius 2 is 1.67 bits per heavy atom. The monoisotopic (exact) mass is 328 g/mol. The highest BCUT2D eigenvalue weighted by Gasteiger charge is 2.12. The van der Waals surface area contributed by atoms with Gasteiger partial charge in [-0.15, -0.1) is 0 Å². The number of carbonyl (C=O) groups excluding carboxylic acids is 2. The van der Waals surface area contributed by atoms with Crippen LogP contribution in [0, 0.1) is 12.7 Å². The van der Waals surface area contributed by atoms with Gasteiger partial charge in [-0.1, -0.05) is 29.8 Å². The summed E-state index contributed by atoms with van der Waals surface area (Å²) in [5, 5.41) is 2.81. The van der Waals surface area contributed by atoms with E-state index in [4.69, 9.17) is 0 Å². The second-order valence-corrected chi connectivity index (χ2v) is 5.66. The Bertz CT molecular complexity index is 696. The fourth-order valence-corrected chi connectivity index (χ4v) is 2.35. The molecule has 1 N–H and O–H groups in total. The molecule has 0 spiro atoms. The second-order valence-electron chi connectivity index (χ2n) is 5.66. The van der Waals surface area contributed by atoms with E-state index in [-0.39, 0.29) is 17.6 Å². The van der Waals surface area contributed by atoms with Gasteiger partial charge in [-0.2, -0.15) is 0 Å². The summed E-state index contributed by atoms with van der Waals surface area (Å²) in [6.45, 7) is 4.11. The molecule has 0 aliphatic carbocycles. The van der Waals surface area contributed by atoms with E-state index < -0.39 is 0 Å². The normalized spacial score (nSPS) is 10.3. The highest BCUT2D eigenvalue weighted by Crippen LogP contribution is 2.14. The number of amides is 2. The largest absolute Gasteiger partial charge is 0.354 e. The van der Waals surface area contributed by atoms with Gasteiger partial charge in [-0.3, -0.25) is 9.59 Å². The van der Waals surface area contributed by atoms with Crippen molar-refractivity contribution in [2.45, 2.75) is 20.3 Å². The van der Waals surface area contributed by atoms with Crippen molar-refractivity contribution in [3.63, 3.8) is 0 Å². The van der Waals surface area contributed by atoms with E-state index in [1.807, 2.05) is 31.2 Å². The van der Waals surface area contributed by atoms with Gasteiger partial charge in [0.05, 0.1) is 6.42 Å². The fraction of sp³-hybridized carbons (Fsp3) is 0.263. The van der Waals surface area contributed by atoms with E-state index in [0.717, 1.165) is 11.1 Å². The molecule has 0 unspecified atom stereocenters. The van der Waals surface area contributed by atoms with Crippen LogP contribution in [-0.4, -0.2) is 24.9 Å². The molecule has 24 heavy (non-hydrogen) atoms. The lowest BCUT2D eigenvalue weighted by Gasteiger charge is -2.21. The molecule has 0 fully saturated rings. The van der Waals surface area contributed by atoms with Crippen LogP contribution in [0.25, 0.3) is 0 Å². The molecule has 0 atom stereocenters. The summed E-state index contributed by atoms with van der Waals surface area (Å²) in [6, 6.07) is 13.5. The summed E-state index contributed by atoms with van der Waals surface area (Å²) in [5.74, 6) is -0.607. The maximum atomic E-state index is 13.0. The van der Waals surface area contributed by atoms with Crippen LogP contribution in [0.4, 0.5) is 10.1 Å². The van der Waals surface area contributed by atoms with Gasteiger partial charge < -0.3 is 10.2 Å². The van der Waals surface area contributed by atoms with E-state index in [9.17, 15) is 14.0 Å². The Kier molecular flexibility index (Phi) is 6.07. The third kappa shape index (κ3) is 5.19. The first-order chi connectivity index (χ1) is 11.5. The number of nitrogens with one attached hydrogen (secondary N) is 1. The molecule has 0 radical (unpaired) electrons. The van der Waals surface area contributed by atoms with Crippen LogP contribution in [-0.2, 0) is 16.0 Å². The molecule has 0 aliphatic heterocycles. The summed E-state index contributed by atoms with van der Waals surface area (Å²) in [6.07, 6.45) is 0.302. The van der Waals surface area contributed by atoms with Crippen LogP contribution in [0.3, 0.4) is 0 Å². The van der Waals surface area contributed by atoms with Crippen molar-refractivity contribution in [1.29, 1.82) is 0 Å². The number of hydrogen-bond donors (Lipinski definition) is 1. The first-order valence-electron chi connectivity index (χ1n) is 7.81. The lowest BCUT2D eigenvalue weighted by Crippen LogP contribution is -2.38. The van der Waals surface area contributed by atoms with Crippen LogP contribution in [0.1, 0.15) is 18.1 Å². The van der Waals surface area contributed by atoms with Gasteiger partial charge in [0, 0.05) is 25.7 Å².